The topological polar surface area (TPSA) is 104 Å². The van der Waals surface area contributed by atoms with Crippen LogP contribution in [0.2, 0.25) is 0 Å². The van der Waals surface area contributed by atoms with E-state index in [2.05, 4.69) is 22.3 Å². The van der Waals surface area contributed by atoms with E-state index in [-0.39, 0.29) is 24.9 Å². The highest BCUT2D eigenvalue weighted by Gasteiger charge is 2.18. The minimum absolute atomic E-state index is 0. The van der Waals surface area contributed by atoms with Gasteiger partial charge in [-0.05, 0) is 55.0 Å². The minimum Gasteiger partial charge on any atom is -0.492 e. The van der Waals surface area contributed by atoms with Gasteiger partial charge >= 0.3 is 0 Å². The van der Waals surface area contributed by atoms with Crippen molar-refractivity contribution in [2.24, 2.45) is 0 Å². The summed E-state index contributed by atoms with van der Waals surface area (Å²) in [6.45, 7) is 2.78. The van der Waals surface area contributed by atoms with Crippen LogP contribution in [-0.4, -0.2) is 43.3 Å². The van der Waals surface area contributed by atoms with E-state index in [4.69, 9.17) is 14.4 Å². The number of ether oxygens (including phenoxy) is 1. The first-order valence-electron chi connectivity index (χ1n) is 10.5. The number of allylic oxidation sites excluding steroid dienone is 1. The molecular formula is C24H26ClN3O5. The van der Waals surface area contributed by atoms with Crippen molar-refractivity contribution in [2.45, 2.75) is 12.8 Å². The first-order chi connectivity index (χ1) is 15.6. The summed E-state index contributed by atoms with van der Waals surface area (Å²) < 4.78 is 11.4. The van der Waals surface area contributed by atoms with Crippen molar-refractivity contribution in [3.05, 3.63) is 72.0 Å². The number of nitrogens with zero attached hydrogens (tertiary/aromatic N) is 1. The summed E-state index contributed by atoms with van der Waals surface area (Å²) in [5.74, 6) is 0.584. The molecule has 0 unspecified atom stereocenters. The molecule has 0 radical (unpaired) electrons. The number of amides is 2. The number of hydroxylamine groups is 1. The maximum absolute atomic E-state index is 12.0. The lowest BCUT2D eigenvalue weighted by Crippen LogP contribution is -2.36. The zero-order valence-electron chi connectivity index (χ0n) is 18.0. The van der Waals surface area contributed by atoms with Gasteiger partial charge in [0.05, 0.1) is 6.54 Å². The Balaban J connectivity index is 0.00000306. The molecule has 4 rings (SSSR count). The molecule has 0 atom stereocenters. The SMILES string of the molecule is Cl.O=C(C=CCc1cc2c(N3CCC3)cccc2o1)NCCOc1ccc(C(=O)NO)cc1. The van der Waals surface area contributed by atoms with Crippen molar-refractivity contribution < 1.29 is 24.0 Å². The van der Waals surface area contributed by atoms with E-state index in [1.165, 1.54) is 30.3 Å². The number of halogens is 1. The Kier molecular flexibility index (Phi) is 8.34. The molecule has 1 aliphatic rings. The lowest BCUT2D eigenvalue weighted by atomic mass is 10.1. The standard InChI is InChI=1S/C24H25N3O5.ClH/c28-23(25-12-15-31-18-10-8-17(9-11-18)24(29)26-30)7-1-4-19-16-20-21(27-13-3-14-27)5-2-6-22(20)32-19;/h1-2,5-11,16,30H,3-4,12-15H2,(H,25,28)(H,26,29);1H. The fraction of sp³-hybridized carbons (Fsp3) is 0.250. The van der Waals surface area contributed by atoms with Gasteiger partial charge in [-0.2, -0.15) is 0 Å². The molecule has 1 aliphatic heterocycles. The molecule has 1 aromatic heterocycles. The van der Waals surface area contributed by atoms with Gasteiger partial charge in [-0.15, -0.1) is 12.4 Å². The zero-order chi connectivity index (χ0) is 22.3. The average molecular weight is 472 g/mol. The number of rotatable bonds is 9. The highest BCUT2D eigenvalue weighted by Crippen LogP contribution is 2.32. The molecule has 3 N–H and O–H groups in total. The Morgan fingerprint density at radius 1 is 1.15 bits per heavy atom. The van der Waals surface area contributed by atoms with Gasteiger partial charge in [-0.25, -0.2) is 5.48 Å². The monoisotopic (exact) mass is 471 g/mol. The van der Waals surface area contributed by atoms with E-state index in [1.54, 1.807) is 23.7 Å². The second-order valence-electron chi connectivity index (χ2n) is 7.45. The van der Waals surface area contributed by atoms with Crippen LogP contribution < -0.4 is 20.4 Å². The van der Waals surface area contributed by atoms with Crippen LogP contribution in [0.4, 0.5) is 5.69 Å². The number of carbonyl (C=O) groups is 2. The molecule has 8 nitrogen and oxygen atoms in total. The van der Waals surface area contributed by atoms with Crippen molar-refractivity contribution in [1.29, 1.82) is 0 Å². The second kappa shape index (κ2) is 11.4. The minimum atomic E-state index is -0.588. The van der Waals surface area contributed by atoms with Crippen molar-refractivity contribution in [3.8, 4) is 5.75 Å². The molecular weight excluding hydrogens is 446 g/mol. The van der Waals surface area contributed by atoms with Crippen molar-refractivity contribution in [1.82, 2.24) is 10.8 Å². The Morgan fingerprint density at radius 2 is 1.94 bits per heavy atom. The van der Waals surface area contributed by atoms with E-state index < -0.39 is 5.91 Å². The summed E-state index contributed by atoms with van der Waals surface area (Å²) in [6, 6.07) is 14.4. The molecule has 1 saturated heterocycles. The molecule has 2 amide bonds. The molecule has 0 saturated carbocycles. The van der Waals surface area contributed by atoms with Gasteiger partial charge in [0, 0.05) is 36.1 Å². The molecule has 2 aromatic carbocycles. The first-order valence-corrected chi connectivity index (χ1v) is 10.5. The Bertz CT molecular complexity index is 1120. The third-order valence-corrected chi connectivity index (χ3v) is 5.26. The molecule has 33 heavy (non-hydrogen) atoms. The van der Waals surface area contributed by atoms with E-state index in [1.807, 2.05) is 12.1 Å². The Labute approximate surface area is 197 Å². The van der Waals surface area contributed by atoms with Crippen LogP contribution in [0, 0.1) is 0 Å². The Hall–Kier alpha value is -3.49. The lowest BCUT2D eigenvalue weighted by molar-refractivity contribution is -0.116. The summed E-state index contributed by atoms with van der Waals surface area (Å²) in [7, 11) is 0. The number of hydrogen-bond donors (Lipinski definition) is 3. The fourth-order valence-electron chi connectivity index (χ4n) is 3.48. The number of nitrogens with one attached hydrogen (secondary N) is 2. The highest BCUT2D eigenvalue weighted by atomic mass is 35.5. The molecule has 0 bridgehead atoms. The van der Waals surface area contributed by atoms with Crippen LogP contribution in [0.5, 0.6) is 5.75 Å². The highest BCUT2D eigenvalue weighted by molar-refractivity contribution is 5.93. The largest absolute Gasteiger partial charge is 0.492 e. The van der Waals surface area contributed by atoms with Crippen LogP contribution >= 0.6 is 12.4 Å². The van der Waals surface area contributed by atoms with Crippen molar-refractivity contribution in [3.63, 3.8) is 0 Å². The van der Waals surface area contributed by atoms with Gasteiger partial charge < -0.3 is 19.4 Å². The maximum Gasteiger partial charge on any atom is 0.274 e. The van der Waals surface area contributed by atoms with Crippen molar-refractivity contribution in [2.75, 3.05) is 31.1 Å². The summed E-state index contributed by atoms with van der Waals surface area (Å²) in [5, 5.41) is 12.5. The maximum atomic E-state index is 12.0. The third-order valence-electron chi connectivity index (χ3n) is 5.26. The lowest BCUT2D eigenvalue weighted by Gasteiger charge is -2.33. The number of benzene rings is 2. The van der Waals surface area contributed by atoms with Gasteiger partial charge in [0.15, 0.2) is 0 Å². The van der Waals surface area contributed by atoms with E-state index in [9.17, 15) is 9.59 Å². The quantitative estimate of drug-likeness (QED) is 0.191. The summed E-state index contributed by atoms with van der Waals surface area (Å²) in [5.41, 5.74) is 3.96. The number of fused-ring (bicyclic) bond motifs is 1. The molecule has 3 aromatic rings. The molecule has 0 spiro atoms. The third kappa shape index (κ3) is 6.06. The van der Waals surface area contributed by atoms with E-state index in [0.717, 1.165) is 29.8 Å². The average Bonchev–Trinajstić information content (AvgIpc) is 3.19. The van der Waals surface area contributed by atoms with Crippen LogP contribution in [-0.2, 0) is 11.2 Å². The van der Waals surface area contributed by atoms with Crippen LogP contribution in [0.3, 0.4) is 0 Å². The molecule has 9 heteroatoms. The number of carbonyl (C=O) groups excluding carboxylic acids is 2. The summed E-state index contributed by atoms with van der Waals surface area (Å²) >= 11 is 0. The first kappa shape index (κ1) is 24.2. The van der Waals surface area contributed by atoms with Crippen molar-refractivity contribution >= 4 is 40.9 Å². The smallest absolute Gasteiger partial charge is 0.274 e. The normalized spacial score (nSPS) is 12.8. The molecule has 1 fully saturated rings. The predicted molar refractivity (Wildman–Crippen MR) is 127 cm³/mol. The van der Waals surface area contributed by atoms with Gasteiger partial charge in [0.1, 0.15) is 23.7 Å². The summed E-state index contributed by atoms with van der Waals surface area (Å²) in [4.78, 5) is 25.6. The Morgan fingerprint density at radius 3 is 2.64 bits per heavy atom. The van der Waals surface area contributed by atoms with Crippen LogP contribution in [0.15, 0.2) is 65.1 Å². The van der Waals surface area contributed by atoms with Gasteiger partial charge in [0.25, 0.3) is 5.91 Å². The second-order valence-corrected chi connectivity index (χ2v) is 7.45. The number of anilines is 1. The molecule has 0 aliphatic carbocycles. The number of hydrogen-bond acceptors (Lipinski definition) is 6. The molecule has 174 valence electrons. The van der Waals surface area contributed by atoms with Gasteiger partial charge in [-0.1, -0.05) is 12.1 Å². The molecule has 2 heterocycles. The van der Waals surface area contributed by atoms with Crippen LogP contribution in [0.25, 0.3) is 11.0 Å². The summed E-state index contributed by atoms with van der Waals surface area (Å²) in [6.07, 6.45) is 5.03. The predicted octanol–water partition coefficient (Wildman–Crippen LogP) is 3.48. The number of furan rings is 1. The van der Waals surface area contributed by atoms with Crippen LogP contribution in [0.1, 0.15) is 22.5 Å². The zero-order valence-corrected chi connectivity index (χ0v) is 18.8. The van der Waals surface area contributed by atoms with E-state index in [0.29, 0.717) is 24.3 Å². The van der Waals surface area contributed by atoms with Gasteiger partial charge in [0.2, 0.25) is 5.91 Å². The fourth-order valence-corrected chi connectivity index (χ4v) is 3.48. The van der Waals surface area contributed by atoms with Gasteiger partial charge in [-0.3, -0.25) is 14.8 Å². The van der Waals surface area contributed by atoms with E-state index >= 15 is 0 Å².